The van der Waals surface area contributed by atoms with Crippen LogP contribution < -0.4 is 15.5 Å². The summed E-state index contributed by atoms with van der Waals surface area (Å²) in [7, 11) is 0. The summed E-state index contributed by atoms with van der Waals surface area (Å²) in [5.74, 6) is -0.801. The second-order valence-electron chi connectivity index (χ2n) is 10.0. The molecular weight excluding hydrogens is 495 g/mol. The Kier molecular flexibility index (Phi) is 9.78. The Bertz CT molecular complexity index is 1240. The van der Waals surface area contributed by atoms with Gasteiger partial charge in [0.05, 0.1) is 0 Å². The van der Waals surface area contributed by atoms with Gasteiger partial charge in [0.1, 0.15) is 17.7 Å². The summed E-state index contributed by atoms with van der Waals surface area (Å²) in [6.07, 6.45) is 7.10. The van der Waals surface area contributed by atoms with E-state index < -0.39 is 11.9 Å². The van der Waals surface area contributed by atoms with E-state index >= 15 is 0 Å². The lowest BCUT2D eigenvalue weighted by atomic mass is 9.94. The lowest BCUT2D eigenvalue weighted by Crippen LogP contribution is -2.47. The molecular formula is C31H35FN4O3. The van der Waals surface area contributed by atoms with E-state index in [1.165, 1.54) is 17.0 Å². The number of halogens is 1. The molecule has 0 radical (unpaired) electrons. The van der Waals surface area contributed by atoms with Crippen LogP contribution in [0.25, 0.3) is 0 Å². The van der Waals surface area contributed by atoms with Gasteiger partial charge < -0.3 is 10.6 Å². The Morgan fingerprint density at radius 2 is 1.67 bits per heavy atom. The van der Waals surface area contributed by atoms with Crippen LogP contribution in [0.4, 0.5) is 15.9 Å². The highest BCUT2D eigenvalue weighted by Crippen LogP contribution is 2.30. The summed E-state index contributed by atoms with van der Waals surface area (Å²) in [4.78, 5) is 45.6. The van der Waals surface area contributed by atoms with Gasteiger partial charge in [0, 0.05) is 30.8 Å². The van der Waals surface area contributed by atoms with Crippen LogP contribution in [0.1, 0.15) is 68.5 Å². The molecule has 7 nitrogen and oxygen atoms in total. The molecule has 0 spiro atoms. The van der Waals surface area contributed by atoms with Crippen molar-refractivity contribution < 1.29 is 18.8 Å². The average molecular weight is 531 g/mol. The summed E-state index contributed by atoms with van der Waals surface area (Å²) >= 11 is 0. The first kappa shape index (κ1) is 28.0. The van der Waals surface area contributed by atoms with Crippen LogP contribution in [0.15, 0.2) is 72.9 Å². The molecule has 2 N–H and O–H groups in total. The maximum absolute atomic E-state index is 13.8. The fourth-order valence-corrected chi connectivity index (χ4v) is 4.89. The van der Waals surface area contributed by atoms with Gasteiger partial charge in [-0.3, -0.25) is 19.3 Å². The lowest BCUT2D eigenvalue weighted by Gasteiger charge is -2.33. The number of rotatable bonds is 10. The van der Waals surface area contributed by atoms with E-state index in [-0.39, 0.29) is 36.6 Å². The SMILES string of the molecule is Cc1ccc(N(C(=O)CCCC(=O)Nc2ccccn2)[C@@H](C(=O)NC2CCCCC2)c2ccc(F)cc2)cc1. The van der Waals surface area contributed by atoms with Gasteiger partial charge in [-0.1, -0.05) is 55.2 Å². The summed E-state index contributed by atoms with van der Waals surface area (Å²) < 4.78 is 13.8. The molecule has 204 valence electrons. The van der Waals surface area contributed by atoms with Crippen LogP contribution >= 0.6 is 0 Å². The fourth-order valence-electron chi connectivity index (χ4n) is 4.89. The smallest absolute Gasteiger partial charge is 0.248 e. The van der Waals surface area contributed by atoms with Crippen molar-refractivity contribution in [3.8, 4) is 0 Å². The number of nitrogens with zero attached hydrogens (tertiary/aromatic N) is 2. The van der Waals surface area contributed by atoms with Gasteiger partial charge in [-0.2, -0.15) is 0 Å². The van der Waals surface area contributed by atoms with Crippen LogP contribution in [0.3, 0.4) is 0 Å². The second-order valence-corrected chi connectivity index (χ2v) is 10.0. The third kappa shape index (κ3) is 7.96. The quantitative estimate of drug-likeness (QED) is 0.343. The number of carbonyl (C=O) groups excluding carboxylic acids is 3. The summed E-state index contributed by atoms with van der Waals surface area (Å²) in [6.45, 7) is 1.95. The number of pyridine rings is 1. The molecule has 1 aromatic heterocycles. The summed E-state index contributed by atoms with van der Waals surface area (Å²) in [5, 5.41) is 5.88. The molecule has 1 aliphatic carbocycles. The lowest BCUT2D eigenvalue weighted by molar-refractivity contribution is -0.127. The molecule has 0 bridgehead atoms. The Labute approximate surface area is 228 Å². The highest BCUT2D eigenvalue weighted by Gasteiger charge is 2.34. The van der Waals surface area contributed by atoms with E-state index in [2.05, 4.69) is 15.6 Å². The predicted molar refractivity (Wildman–Crippen MR) is 150 cm³/mol. The maximum Gasteiger partial charge on any atom is 0.248 e. The standard InChI is InChI=1S/C31H35FN4O3/c1-22-13-19-26(20-14-22)36(29(38)12-7-11-28(37)35-27-10-5-6-21-33-27)30(23-15-17-24(32)18-16-23)31(39)34-25-8-3-2-4-9-25/h5-6,10,13-21,25,30H,2-4,7-9,11-12H2,1H3,(H,34,39)(H,33,35,37)/t30-/m1/s1. The Balaban J connectivity index is 1.56. The van der Waals surface area contributed by atoms with Crippen molar-refractivity contribution in [1.29, 1.82) is 0 Å². The van der Waals surface area contributed by atoms with Crippen molar-refractivity contribution in [2.45, 2.75) is 70.4 Å². The van der Waals surface area contributed by atoms with E-state index in [0.717, 1.165) is 37.7 Å². The molecule has 0 saturated heterocycles. The average Bonchev–Trinajstić information content (AvgIpc) is 2.94. The molecule has 3 aromatic rings. The van der Waals surface area contributed by atoms with Crippen molar-refractivity contribution in [3.05, 3.63) is 89.9 Å². The van der Waals surface area contributed by atoms with Gasteiger partial charge in [-0.15, -0.1) is 0 Å². The van der Waals surface area contributed by atoms with E-state index in [9.17, 15) is 18.8 Å². The predicted octanol–water partition coefficient (Wildman–Crippen LogP) is 5.86. The van der Waals surface area contributed by atoms with E-state index in [1.807, 2.05) is 31.2 Å². The van der Waals surface area contributed by atoms with E-state index in [1.54, 1.807) is 36.5 Å². The zero-order valence-electron chi connectivity index (χ0n) is 22.2. The zero-order valence-corrected chi connectivity index (χ0v) is 22.2. The molecule has 2 aromatic carbocycles. The number of hydrogen-bond donors (Lipinski definition) is 2. The minimum atomic E-state index is -0.981. The molecule has 3 amide bonds. The van der Waals surface area contributed by atoms with Gasteiger partial charge in [-0.05, 0) is 68.1 Å². The molecule has 4 rings (SSSR count). The van der Waals surface area contributed by atoms with Gasteiger partial charge in [0.15, 0.2) is 0 Å². The van der Waals surface area contributed by atoms with Crippen LogP contribution in [-0.4, -0.2) is 28.7 Å². The third-order valence-electron chi connectivity index (χ3n) is 6.95. The monoisotopic (exact) mass is 530 g/mol. The third-order valence-corrected chi connectivity index (χ3v) is 6.95. The van der Waals surface area contributed by atoms with Crippen molar-refractivity contribution >= 4 is 29.2 Å². The first-order chi connectivity index (χ1) is 18.9. The van der Waals surface area contributed by atoms with Crippen LogP contribution in [0.5, 0.6) is 0 Å². The van der Waals surface area contributed by atoms with E-state index in [4.69, 9.17) is 0 Å². The number of benzene rings is 2. The van der Waals surface area contributed by atoms with Gasteiger partial charge in [0.25, 0.3) is 0 Å². The number of hydrogen-bond acceptors (Lipinski definition) is 4. The largest absolute Gasteiger partial charge is 0.351 e. The summed E-state index contributed by atoms with van der Waals surface area (Å²) in [5.41, 5.74) is 2.10. The highest BCUT2D eigenvalue weighted by molar-refractivity contribution is 6.01. The maximum atomic E-state index is 13.8. The number of carbonyl (C=O) groups is 3. The number of nitrogens with one attached hydrogen (secondary N) is 2. The molecule has 1 aliphatic rings. The second kappa shape index (κ2) is 13.6. The van der Waals surface area contributed by atoms with Crippen molar-refractivity contribution in [1.82, 2.24) is 10.3 Å². The molecule has 8 heteroatoms. The molecule has 1 fully saturated rings. The number of aromatic nitrogens is 1. The van der Waals surface area contributed by atoms with Crippen LogP contribution in [-0.2, 0) is 14.4 Å². The zero-order chi connectivity index (χ0) is 27.6. The van der Waals surface area contributed by atoms with Crippen LogP contribution in [0, 0.1) is 12.7 Å². The van der Waals surface area contributed by atoms with E-state index in [0.29, 0.717) is 23.5 Å². The highest BCUT2D eigenvalue weighted by atomic mass is 19.1. The Hall–Kier alpha value is -4.07. The minimum Gasteiger partial charge on any atom is -0.351 e. The molecule has 0 unspecified atom stereocenters. The topological polar surface area (TPSA) is 91.4 Å². The van der Waals surface area contributed by atoms with Gasteiger partial charge >= 0.3 is 0 Å². The molecule has 1 saturated carbocycles. The first-order valence-corrected chi connectivity index (χ1v) is 13.6. The summed E-state index contributed by atoms with van der Waals surface area (Å²) in [6, 6.07) is 17.4. The number of aryl methyl sites for hydroxylation is 1. The number of anilines is 2. The van der Waals surface area contributed by atoms with Crippen molar-refractivity contribution in [2.24, 2.45) is 0 Å². The van der Waals surface area contributed by atoms with Crippen molar-refractivity contribution in [3.63, 3.8) is 0 Å². The fraction of sp³-hybridized carbons (Fsp3) is 0.355. The molecule has 0 aliphatic heterocycles. The van der Waals surface area contributed by atoms with Gasteiger partial charge in [0.2, 0.25) is 17.7 Å². The Morgan fingerprint density at radius 3 is 2.33 bits per heavy atom. The van der Waals surface area contributed by atoms with Crippen LogP contribution in [0.2, 0.25) is 0 Å². The Morgan fingerprint density at radius 1 is 0.949 bits per heavy atom. The van der Waals surface area contributed by atoms with Crippen molar-refractivity contribution in [2.75, 3.05) is 10.2 Å². The van der Waals surface area contributed by atoms with Gasteiger partial charge in [-0.25, -0.2) is 9.37 Å². The number of amides is 3. The minimum absolute atomic E-state index is 0.0412. The molecule has 39 heavy (non-hydrogen) atoms. The molecule has 1 atom stereocenters. The molecule has 1 heterocycles. The normalized spacial score (nSPS) is 14.3. The first-order valence-electron chi connectivity index (χ1n) is 13.6.